The molecule has 2 aromatic heterocycles. The molecular formula is C49H63BF52N6O8. The number of aromatic carboxylic acids is 1. The van der Waals surface area contributed by atoms with Crippen LogP contribution in [0.25, 0.3) is 21.8 Å². The molecule has 67 heteroatoms. The van der Waals surface area contributed by atoms with Gasteiger partial charge < -0.3 is 44.1 Å². The van der Waals surface area contributed by atoms with Gasteiger partial charge in [0.2, 0.25) is 10.9 Å². The molecule has 0 radical (unpaired) electrons. The minimum atomic E-state index is -3.46. The van der Waals surface area contributed by atoms with Crippen LogP contribution in [-0.4, -0.2) is 115 Å². The molecule has 4 aromatic rings. The number of likely N-dealkylation sites (N-methyl/N-ethyl adjacent to an activating group) is 2. The summed E-state index contributed by atoms with van der Waals surface area (Å²) in [7, 11) is 0.274. The van der Waals surface area contributed by atoms with Gasteiger partial charge >= 0.3 is 25.5 Å². The van der Waals surface area contributed by atoms with Gasteiger partial charge in [-0.15, -0.1) is 0 Å². The predicted octanol–water partition coefficient (Wildman–Crippen LogP) is 26.8. The van der Waals surface area contributed by atoms with Crippen molar-refractivity contribution in [2.45, 2.75) is 117 Å². The highest BCUT2D eigenvalue weighted by atomic mass is 20.0. The van der Waals surface area contributed by atoms with Gasteiger partial charge in [0.25, 0.3) is 0 Å². The van der Waals surface area contributed by atoms with Gasteiger partial charge in [-0.2, -0.15) is 0 Å². The van der Waals surface area contributed by atoms with E-state index in [1.165, 1.54) is 17.7 Å². The van der Waals surface area contributed by atoms with E-state index in [2.05, 4.69) is 43.0 Å². The maximum absolute atomic E-state index is 15.3. The number of nitrogens with zero attached hydrogens (tertiary/aromatic N) is 4. The number of aryl methyl sites for hydroxylation is 2. The number of benzene rings is 2. The minimum absolute atomic E-state index is 0. The van der Waals surface area contributed by atoms with Crippen LogP contribution < -0.4 is 26.4 Å². The average molecular weight is 1860 g/mol. The third-order valence-corrected chi connectivity index (χ3v) is 13.8. The topological polar surface area (TPSA) is 164 Å². The molecule has 8 atom stereocenters. The van der Waals surface area contributed by atoms with Crippen LogP contribution >= 0.6 is 0 Å². The van der Waals surface area contributed by atoms with E-state index >= 15 is 4.39 Å². The molecule has 4 heterocycles. The molecule has 2 saturated carbocycles. The molecule has 2 aromatic carbocycles. The van der Waals surface area contributed by atoms with Crippen molar-refractivity contribution in [3.05, 3.63) is 84.7 Å². The lowest BCUT2D eigenvalue weighted by Crippen LogP contribution is -2.45. The number of hydrogen-bond acceptors (Lipinski definition) is 10. The molecule has 704 valence electrons. The molecule has 4 fully saturated rings. The standard InChI is InChI=1S/C22H27F2N3O3.C14H9BF5NO3.C13H26N2O2.22F2.FH/c1-10(2)13-7-26(9-17(13)25-4)20-11(3)19-12(5-16(20)24)21(28)14(22(29)30)8-27(19)18-6-15(18)23;1-5-11(18)9(17)2-6-12(5)21(10-3-8(10)16)4-7(13(6)22)14(23)24-15(19)20;1-9(2)10-7-14-8-11(10)15(6)12(16)17-13(3,4)5;22*1-2;/h5,8,10,13,15,17-18,25H,6-7,9H2,1-4H3,(H,29,30);2,4,8,10H,3H2,1H3;9-11,14H,7-8H2,1-6H3;;;;;;;;;;;;;;;;;;;;;;;1H/t13-,15+,17-,18-;8-,10+;10-,11-;;;;;;;;;;;;;;;;;;;;;;;/m101......................./s1. The fraction of sp³-hybridized carbons (Fsp3) is 0.571. The number of rotatable bonds is 10. The summed E-state index contributed by atoms with van der Waals surface area (Å²) < 4.78 is 458. The SMILES string of the molecule is CC(C)[C@H]1CNC[C@H]1N(C)C(=O)OC(C)(C)C.CN[C@@H]1CN(c2c(F)cc3c(=O)c(C(=O)O)cn([C@@H]4C[C@@H]4F)c3c2C)C[C@@H]1C(C)C.Cc1c(F)c(F)cc2c(=O)c(C(=O)OB(F)F)cn([C@@H]3C[C@@H]3F)c12.F.FF.FF.FF.FF.FF.FF.FF.FF.FF.FF.FF.FF.FF.FF.FF.FF.FF.FF.FF.FF.FF.FF. The summed E-state index contributed by atoms with van der Waals surface area (Å²) in [5, 5.41) is 15.6. The van der Waals surface area contributed by atoms with E-state index in [1.807, 2.05) is 39.8 Å². The van der Waals surface area contributed by atoms with Crippen molar-refractivity contribution in [3.63, 3.8) is 0 Å². The van der Waals surface area contributed by atoms with Gasteiger partial charge in [0.1, 0.15) is 34.9 Å². The number of ether oxygens (including phenoxy) is 1. The summed E-state index contributed by atoms with van der Waals surface area (Å²) in [6.45, 7) is 20.4. The molecule has 2 saturated heterocycles. The Labute approximate surface area is 614 Å². The molecule has 116 heavy (non-hydrogen) atoms. The van der Waals surface area contributed by atoms with Gasteiger partial charge in [0.05, 0.1) is 34.8 Å². The molecule has 4 aliphatic rings. The molecule has 3 N–H and O–H groups in total. The molecule has 0 bridgehead atoms. The van der Waals surface area contributed by atoms with Crippen molar-refractivity contribution in [3.8, 4) is 0 Å². The van der Waals surface area contributed by atoms with Crippen LogP contribution in [0.15, 0.2) is 34.1 Å². The highest BCUT2D eigenvalue weighted by molar-refractivity contribution is 6.38. The second-order valence-corrected chi connectivity index (χ2v) is 20.5. The van der Waals surface area contributed by atoms with E-state index in [-0.39, 0.29) is 52.2 Å². The lowest BCUT2D eigenvalue weighted by atomic mass is 9.91. The smallest absolute Gasteiger partial charge is 0.477 e. The molecule has 8 rings (SSSR count). The Balaban J connectivity index is -0.0000000632. The maximum atomic E-state index is 15.3. The summed E-state index contributed by atoms with van der Waals surface area (Å²) >= 11 is 0. The Morgan fingerprint density at radius 3 is 1.12 bits per heavy atom. The first-order valence-electron chi connectivity index (χ1n) is 26.7. The van der Waals surface area contributed by atoms with Gasteiger partial charge in [-0.25, -0.2) is 45.0 Å². The van der Waals surface area contributed by atoms with Gasteiger partial charge in [0, 0.05) is 282 Å². The fourth-order valence-corrected chi connectivity index (χ4v) is 9.81. The lowest BCUT2D eigenvalue weighted by Gasteiger charge is -2.32. The molecule has 1 amide bonds. The third-order valence-electron chi connectivity index (χ3n) is 13.8. The van der Waals surface area contributed by atoms with Crippen LogP contribution in [0.1, 0.15) is 105 Å². The molecule has 14 nitrogen and oxygen atoms in total. The first-order chi connectivity index (χ1) is 55.1. The number of halogens is 52. The molecular weight excluding hydrogens is 1800 g/mol. The van der Waals surface area contributed by atoms with E-state index in [0.717, 1.165) is 29.9 Å². The Kier molecular flexibility index (Phi) is 134. The molecule has 2 aliphatic heterocycles. The average Bonchev–Trinajstić information content (AvgIpc) is 1.48. The number of carboxylic acid groups (broad SMARTS) is 1. The second kappa shape index (κ2) is 102. The Morgan fingerprint density at radius 2 is 0.836 bits per heavy atom. The van der Waals surface area contributed by atoms with Crippen molar-refractivity contribution >= 4 is 53.0 Å². The van der Waals surface area contributed by atoms with Gasteiger partial charge in [-0.1, -0.05) is 27.7 Å². The van der Waals surface area contributed by atoms with Crippen LogP contribution in [0.3, 0.4) is 0 Å². The van der Waals surface area contributed by atoms with Gasteiger partial charge in [-0.3, -0.25) is 14.3 Å². The normalized spacial score (nSPS) is 15.6. The first kappa shape index (κ1) is 152. The number of amides is 1. The quantitative estimate of drug-likeness (QED) is 0.102. The van der Waals surface area contributed by atoms with Crippen molar-refractivity contribution in [1.82, 2.24) is 24.7 Å². The maximum Gasteiger partial charge on any atom is 0.798 e. The van der Waals surface area contributed by atoms with Gasteiger partial charge in [-0.05, 0) is 83.0 Å². The summed E-state index contributed by atoms with van der Waals surface area (Å²) in [6.07, 6.45) is -0.271. The zero-order chi connectivity index (χ0) is 96.9. The van der Waals surface area contributed by atoms with E-state index in [1.54, 1.807) is 11.8 Å². The highest BCUT2D eigenvalue weighted by Gasteiger charge is 2.43. The summed E-state index contributed by atoms with van der Waals surface area (Å²) in [6, 6.07) is 0.797. The second-order valence-electron chi connectivity index (χ2n) is 20.5. The third kappa shape index (κ3) is 54.9. The van der Waals surface area contributed by atoms with Crippen molar-refractivity contribution < 1.29 is 265 Å². The number of nitrogens with one attached hydrogen (secondary N) is 2. The monoisotopic (exact) mass is 1860 g/mol. The van der Waals surface area contributed by atoms with Crippen LogP contribution in [0, 0.1) is 55.0 Å². The van der Waals surface area contributed by atoms with E-state index in [9.17, 15) is 55.3 Å². The molecule has 0 spiro atoms. The van der Waals surface area contributed by atoms with E-state index in [0.29, 0.717) is 59.6 Å². The number of fused-ring (bicyclic) bond motifs is 2. The van der Waals surface area contributed by atoms with Crippen LogP contribution in [-0.2, 0) is 9.39 Å². The Hall–Kier alpha value is -8.79. The first-order valence-corrected chi connectivity index (χ1v) is 26.7. The lowest BCUT2D eigenvalue weighted by molar-refractivity contribution is 0.0183. The molecule has 2 aliphatic carbocycles. The van der Waals surface area contributed by atoms with E-state index in [4.69, 9.17) is 206 Å². The fourth-order valence-electron chi connectivity index (χ4n) is 9.81. The number of aromatic nitrogens is 2. The minimum Gasteiger partial charge on any atom is -0.477 e. The summed E-state index contributed by atoms with van der Waals surface area (Å²) in [4.78, 5) is 64.0. The zero-order valence-electron chi connectivity index (χ0n) is 58.7. The van der Waals surface area contributed by atoms with Crippen LogP contribution in [0.4, 0.5) is 247 Å². The number of hydrogen-bond donors (Lipinski definition) is 3. The van der Waals surface area contributed by atoms with E-state index < -0.39 is 94.3 Å². The Bertz CT molecular complexity index is 2900. The van der Waals surface area contributed by atoms with Crippen molar-refractivity contribution in [1.29, 1.82) is 0 Å². The summed E-state index contributed by atoms with van der Waals surface area (Å²) in [5.41, 5.74) is -2.50. The highest BCUT2D eigenvalue weighted by Crippen LogP contribution is 2.44. The number of carboxylic acids is 1. The Morgan fingerprint density at radius 1 is 0.526 bits per heavy atom. The predicted molar refractivity (Wildman–Crippen MR) is 307 cm³/mol. The van der Waals surface area contributed by atoms with Crippen LogP contribution in [0.5, 0.6) is 0 Å². The van der Waals surface area contributed by atoms with Crippen molar-refractivity contribution in [2.75, 3.05) is 45.2 Å². The number of carbonyl (C=O) groups excluding carboxylic acids is 2. The largest absolute Gasteiger partial charge is 0.798 e. The number of anilines is 1. The number of pyridine rings is 2. The van der Waals surface area contributed by atoms with Gasteiger partial charge in [0.15, 0.2) is 11.6 Å². The number of carbonyl (C=O) groups is 3. The zero-order valence-corrected chi connectivity index (χ0v) is 58.7. The molecule has 0 unspecified atom stereocenters. The van der Waals surface area contributed by atoms with Crippen LogP contribution in [0.2, 0.25) is 0 Å². The number of alkyl halides is 2. The van der Waals surface area contributed by atoms with Crippen molar-refractivity contribution in [2.24, 2.45) is 23.7 Å². The summed E-state index contributed by atoms with van der Waals surface area (Å²) in [5.74, 6) is -4.31.